The number of rotatable bonds is 12. The number of ether oxygens (including phenoxy) is 3. The van der Waals surface area contributed by atoms with Gasteiger partial charge >= 0.3 is 18.2 Å². The first-order valence-electron chi connectivity index (χ1n) is 12.1. The molecule has 0 saturated heterocycles. The Morgan fingerprint density at radius 1 is 0.744 bits per heavy atom. The molecule has 8 nitrogen and oxygen atoms in total. The summed E-state index contributed by atoms with van der Waals surface area (Å²) in [6.45, 7) is 0.492. The maximum atomic E-state index is 13.0. The molecule has 39 heavy (non-hydrogen) atoms. The van der Waals surface area contributed by atoms with Gasteiger partial charge in [-0.15, -0.1) is 0 Å². The van der Waals surface area contributed by atoms with Gasteiger partial charge in [-0.3, -0.25) is 0 Å². The molecule has 2 N–H and O–H groups in total. The highest BCUT2D eigenvalue weighted by Gasteiger charge is 2.25. The fourth-order valence-electron chi connectivity index (χ4n) is 3.39. The number of carbonyl (C=O) groups excluding carboxylic acids is 3. The molecule has 3 aromatic carbocycles. The monoisotopic (exact) mass is 592 g/mol. The predicted octanol–water partition coefficient (Wildman–Crippen LogP) is 6.94. The van der Waals surface area contributed by atoms with Crippen LogP contribution in [0.25, 0.3) is 0 Å². The number of nitrogens with one attached hydrogen (secondary N) is 2. The number of unbranched alkanes of at least 4 members (excludes halogenated alkanes) is 1. The van der Waals surface area contributed by atoms with Crippen molar-refractivity contribution >= 4 is 53.0 Å². The normalized spacial score (nSPS) is 11.3. The van der Waals surface area contributed by atoms with Gasteiger partial charge in [0.1, 0.15) is 19.3 Å². The first-order chi connectivity index (χ1) is 18.8. The SMILES string of the molecule is O=C(NCCCC[C@H](NC(=O)OCc1ccccc1)C(=O)Oc1c(Cl)cc(Cl)cc1Cl)OCc1ccccc1. The third-order valence-electron chi connectivity index (χ3n) is 5.36. The van der Waals surface area contributed by atoms with E-state index >= 15 is 0 Å². The van der Waals surface area contributed by atoms with Crippen LogP contribution in [0.15, 0.2) is 72.8 Å². The third kappa shape index (κ3) is 10.7. The van der Waals surface area contributed by atoms with Crippen LogP contribution in [-0.4, -0.2) is 30.7 Å². The minimum absolute atomic E-state index is 0.0261. The molecule has 3 aromatic rings. The standard InChI is InChI=1S/C28H27Cl3N2O6/c29-21-15-22(30)25(23(31)16-21)39-26(34)24(33-28(36)38-18-20-11-5-2-6-12-20)13-7-8-14-32-27(35)37-17-19-9-3-1-4-10-19/h1-6,9-12,15-16,24H,7-8,13-14,17-18H2,(H,32,35)(H,33,36)/t24-/m0/s1. The highest BCUT2D eigenvalue weighted by molar-refractivity contribution is 6.40. The van der Waals surface area contributed by atoms with Gasteiger partial charge in [0.05, 0.1) is 10.0 Å². The summed E-state index contributed by atoms with van der Waals surface area (Å²) in [5.41, 5.74) is 1.66. The highest BCUT2D eigenvalue weighted by atomic mass is 35.5. The molecule has 3 rings (SSSR count). The molecule has 11 heteroatoms. The van der Waals surface area contributed by atoms with Crippen molar-refractivity contribution in [2.75, 3.05) is 6.54 Å². The molecule has 0 unspecified atom stereocenters. The van der Waals surface area contributed by atoms with Gasteiger partial charge in [0.15, 0.2) is 5.75 Å². The van der Waals surface area contributed by atoms with Crippen LogP contribution in [0.2, 0.25) is 15.1 Å². The lowest BCUT2D eigenvalue weighted by atomic mass is 10.1. The van der Waals surface area contributed by atoms with E-state index in [1.54, 1.807) is 12.1 Å². The number of amides is 2. The van der Waals surface area contributed by atoms with E-state index in [1.807, 2.05) is 48.5 Å². The molecule has 0 aliphatic carbocycles. The van der Waals surface area contributed by atoms with Crippen LogP contribution in [0, 0.1) is 0 Å². The van der Waals surface area contributed by atoms with Gasteiger partial charge < -0.3 is 24.8 Å². The maximum Gasteiger partial charge on any atom is 0.408 e. The fourth-order valence-corrected chi connectivity index (χ4v) is 4.29. The topological polar surface area (TPSA) is 103 Å². The Morgan fingerprint density at radius 3 is 1.85 bits per heavy atom. The van der Waals surface area contributed by atoms with Crippen LogP contribution in [0.5, 0.6) is 5.75 Å². The van der Waals surface area contributed by atoms with Gasteiger partial charge in [-0.2, -0.15) is 0 Å². The lowest BCUT2D eigenvalue weighted by Gasteiger charge is -2.18. The third-order valence-corrected chi connectivity index (χ3v) is 6.14. The number of halogens is 3. The van der Waals surface area contributed by atoms with E-state index < -0.39 is 24.2 Å². The molecular formula is C28H27Cl3N2O6. The van der Waals surface area contributed by atoms with Crippen molar-refractivity contribution in [3.05, 3.63) is 99.0 Å². The minimum Gasteiger partial charge on any atom is -0.445 e. The van der Waals surface area contributed by atoms with E-state index in [2.05, 4.69) is 10.6 Å². The second kappa shape index (κ2) is 15.8. The van der Waals surface area contributed by atoms with Gasteiger partial charge in [-0.05, 0) is 42.5 Å². The Hall–Kier alpha value is -3.46. The second-order valence-electron chi connectivity index (χ2n) is 8.36. The second-order valence-corrected chi connectivity index (χ2v) is 9.61. The first-order valence-corrected chi connectivity index (χ1v) is 13.2. The molecule has 1 atom stereocenters. The summed E-state index contributed by atoms with van der Waals surface area (Å²) in [6.07, 6.45) is -0.183. The molecule has 2 amide bonds. The highest BCUT2D eigenvalue weighted by Crippen LogP contribution is 2.36. The van der Waals surface area contributed by atoms with Crippen LogP contribution in [-0.2, 0) is 27.5 Å². The molecule has 0 fully saturated rings. The molecule has 0 aromatic heterocycles. The van der Waals surface area contributed by atoms with E-state index in [9.17, 15) is 14.4 Å². The van der Waals surface area contributed by atoms with Crippen molar-refractivity contribution in [2.24, 2.45) is 0 Å². The average molecular weight is 594 g/mol. The van der Waals surface area contributed by atoms with E-state index in [0.29, 0.717) is 19.4 Å². The molecule has 0 heterocycles. The van der Waals surface area contributed by atoms with Crippen LogP contribution < -0.4 is 15.4 Å². The smallest absolute Gasteiger partial charge is 0.408 e. The van der Waals surface area contributed by atoms with Gasteiger partial charge in [-0.25, -0.2) is 14.4 Å². The number of esters is 1. The van der Waals surface area contributed by atoms with E-state index in [0.717, 1.165) is 11.1 Å². The van der Waals surface area contributed by atoms with Crippen LogP contribution in [0.3, 0.4) is 0 Å². The summed E-state index contributed by atoms with van der Waals surface area (Å²) < 4.78 is 15.8. The van der Waals surface area contributed by atoms with Crippen LogP contribution in [0.1, 0.15) is 30.4 Å². The lowest BCUT2D eigenvalue weighted by molar-refractivity contribution is -0.136. The summed E-state index contributed by atoms with van der Waals surface area (Å²) >= 11 is 18.2. The van der Waals surface area contributed by atoms with E-state index in [-0.39, 0.29) is 40.5 Å². The van der Waals surface area contributed by atoms with Crippen molar-refractivity contribution in [3.8, 4) is 5.75 Å². The largest absolute Gasteiger partial charge is 0.445 e. The number of benzene rings is 3. The molecule has 0 aliphatic heterocycles. The summed E-state index contributed by atoms with van der Waals surface area (Å²) in [5.74, 6) is -0.854. The molecule has 206 valence electrons. The zero-order valence-corrected chi connectivity index (χ0v) is 23.1. The quantitative estimate of drug-likeness (QED) is 0.134. The maximum absolute atomic E-state index is 13.0. The fraction of sp³-hybridized carbons (Fsp3) is 0.250. The van der Waals surface area contributed by atoms with Gasteiger partial charge in [0, 0.05) is 11.6 Å². The van der Waals surface area contributed by atoms with Crippen molar-refractivity contribution in [3.63, 3.8) is 0 Å². The van der Waals surface area contributed by atoms with Crippen molar-refractivity contribution < 1.29 is 28.6 Å². The van der Waals surface area contributed by atoms with Gasteiger partial charge in [0.25, 0.3) is 0 Å². The lowest BCUT2D eigenvalue weighted by Crippen LogP contribution is -2.43. The van der Waals surface area contributed by atoms with E-state index in [1.165, 1.54) is 12.1 Å². The predicted molar refractivity (Wildman–Crippen MR) is 149 cm³/mol. The van der Waals surface area contributed by atoms with Crippen LogP contribution in [0.4, 0.5) is 9.59 Å². The van der Waals surface area contributed by atoms with Gasteiger partial charge in [0.2, 0.25) is 0 Å². The van der Waals surface area contributed by atoms with Crippen LogP contribution >= 0.6 is 34.8 Å². The molecule has 0 spiro atoms. The van der Waals surface area contributed by atoms with Crippen molar-refractivity contribution in [2.45, 2.75) is 38.5 Å². The molecule has 0 radical (unpaired) electrons. The Bertz CT molecular complexity index is 1220. The number of alkyl carbamates (subject to hydrolysis) is 2. The molecule has 0 aliphatic rings. The Labute approximate surface area is 241 Å². The molecular weight excluding hydrogens is 567 g/mol. The van der Waals surface area contributed by atoms with Crippen molar-refractivity contribution in [1.82, 2.24) is 10.6 Å². The zero-order valence-electron chi connectivity index (χ0n) is 20.8. The summed E-state index contributed by atoms with van der Waals surface area (Å²) in [4.78, 5) is 37.3. The number of carbonyl (C=O) groups is 3. The van der Waals surface area contributed by atoms with Gasteiger partial charge in [-0.1, -0.05) is 95.5 Å². The molecule has 0 saturated carbocycles. The minimum atomic E-state index is -1.07. The summed E-state index contributed by atoms with van der Waals surface area (Å²) in [7, 11) is 0. The molecule has 0 bridgehead atoms. The Kier molecular flexibility index (Phi) is 12.2. The van der Waals surface area contributed by atoms with E-state index in [4.69, 9.17) is 49.0 Å². The zero-order chi connectivity index (χ0) is 28.0. The first kappa shape index (κ1) is 30.1. The number of hydrogen-bond donors (Lipinski definition) is 2. The summed E-state index contributed by atoms with van der Waals surface area (Å²) in [6, 6.07) is 20.1. The Balaban J connectivity index is 1.51. The number of hydrogen-bond acceptors (Lipinski definition) is 6. The van der Waals surface area contributed by atoms with Crippen molar-refractivity contribution in [1.29, 1.82) is 0 Å². The average Bonchev–Trinajstić information content (AvgIpc) is 2.93. The summed E-state index contributed by atoms with van der Waals surface area (Å²) in [5, 5.41) is 5.56. The Morgan fingerprint density at radius 2 is 1.28 bits per heavy atom.